The number of anilines is 1. The summed E-state index contributed by atoms with van der Waals surface area (Å²) >= 11 is 0. The van der Waals surface area contributed by atoms with Gasteiger partial charge in [0.2, 0.25) is 0 Å². The SMILES string of the molecule is [B]c1cc(C(F)(F)F)cnc1N. The minimum Gasteiger partial charge on any atom is -0.384 e. The van der Waals surface area contributed by atoms with E-state index in [4.69, 9.17) is 13.6 Å². The van der Waals surface area contributed by atoms with Gasteiger partial charge in [-0.1, -0.05) is 11.5 Å². The molecule has 0 fully saturated rings. The van der Waals surface area contributed by atoms with Gasteiger partial charge in [0.1, 0.15) is 13.7 Å². The number of hydrogen-bond donors (Lipinski definition) is 1. The Hall–Kier alpha value is -1.20. The zero-order valence-electron chi connectivity index (χ0n) is 5.89. The second-order valence-corrected chi connectivity index (χ2v) is 2.20. The average Bonchev–Trinajstić information content (AvgIpc) is 1.92. The van der Waals surface area contributed by atoms with Crippen molar-refractivity contribution in [3.63, 3.8) is 0 Å². The molecule has 1 aromatic rings. The van der Waals surface area contributed by atoms with Gasteiger partial charge in [-0.05, 0) is 0 Å². The van der Waals surface area contributed by atoms with Gasteiger partial charge >= 0.3 is 6.18 Å². The predicted octanol–water partition coefficient (Wildman–Crippen LogP) is 0.476. The molecule has 0 atom stereocenters. The fourth-order valence-electron chi connectivity index (χ4n) is 0.647. The molecule has 1 aromatic heterocycles. The monoisotopic (exact) mass is 172 g/mol. The van der Waals surface area contributed by atoms with Crippen LogP contribution in [-0.2, 0) is 6.18 Å². The third-order valence-electron chi connectivity index (χ3n) is 1.28. The van der Waals surface area contributed by atoms with Crippen LogP contribution in [0, 0.1) is 0 Å². The summed E-state index contributed by atoms with van der Waals surface area (Å²) in [4.78, 5) is 3.28. The van der Waals surface area contributed by atoms with Crippen LogP contribution < -0.4 is 11.2 Å². The van der Waals surface area contributed by atoms with E-state index in [1.807, 2.05) is 0 Å². The molecule has 0 saturated heterocycles. The van der Waals surface area contributed by atoms with E-state index in [2.05, 4.69) is 4.98 Å². The molecule has 0 aliphatic rings. The first-order valence-corrected chi connectivity index (χ1v) is 2.99. The van der Waals surface area contributed by atoms with E-state index in [0.29, 0.717) is 6.20 Å². The van der Waals surface area contributed by atoms with Crippen LogP contribution in [0.15, 0.2) is 12.3 Å². The van der Waals surface area contributed by atoms with Crippen LogP contribution in [0.25, 0.3) is 0 Å². The summed E-state index contributed by atoms with van der Waals surface area (Å²) in [6, 6.07) is 0.752. The zero-order valence-corrected chi connectivity index (χ0v) is 5.89. The van der Waals surface area contributed by atoms with Crippen molar-refractivity contribution in [1.82, 2.24) is 4.98 Å². The summed E-state index contributed by atoms with van der Waals surface area (Å²) in [5.41, 5.74) is 4.07. The van der Waals surface area contributed by atoms with E-state index < -0.39 is 11.7 Å². The van der Waals surface area contributed by atoms with Gasteiger partial charge < -0.3 is 5.73 Å². The summed E-state index contributed by atoms with van der Waals surface area (Å²) in [7, 11) is 5.13. The molecular weight excluding hydrogens is 168 g/mol. The first-order chi connectivity index (χ1) is 5.41. The molecule has 2 N–H and O–H groups in total. The first kappa shape index (κ1) is 8.90. The number of rotatable bonds is 0. The summed E-state index contributed by atoms with van der Waals surface area (Å²) in [6.45, 7) is 0. The van der Waals surface area contributed by atoms with Crippen molar-refractivity contribution < 1.29 is 13.2 Å². The molecule has 12 heavy (non-hydrogen) atoms. The lowest BCUT2D eigenvalue weighted by Crippen LogP contribution is -2.16. The van der Waals surface area contributed by atoms with Gasteiger partial charge in [0.15, 0.2) is 0 Å². The Labute approximate surface area is 68.0 Å². The lowest BCUT2D eigenvalue weighted by atomic mass is 9.95. The van der Waals surface area contributed by atoms with Gasteiger partial charge in [-0.15, -0.1) is 0 Å². The van der Waals surface area contributed by atoms with E-state index in [0.717, 1.165) is 6.07 Å². The second kappa shape index (κ2) is 2.69. The predicted molar refractivity (Wildman–Crippen MR) is 39.0 cm³/mol. The average molecular weight is 172 g/mol. The van der Waals surface area contributed by atoms with Gasteiger partial charge in [0.25, 0.3) is 0 Å². The minimum absolute atomic E-state index is 0.0944. The number of nitrogens with two attached hydrogens (primary N) is 1. The van der Waals surface area contributed by atoms with Crippen molar-refractivity contribution in [2.45, 2.75) is 6.18 Å². The Morgan fingerprint density at radius 2 is 2.00 bits per heavy atom. The molecule has 0 saturated carbocycles. The minimum atomic E-state index is -4.42. The van der Waals surface area contributed by atoms with Crippen molar-refractivity contribution in [2.24, 2.45) is 0 Å². The highest BCUT2D eigenvalue weighted by atomic mass is 19.4. The van der Waals surface area contributed by atoms with Gasteiger partial charge in [-0.3, -0.25) is 0 Å². The van der Waals surface area contributed by atoms with Crippen LogP contribution in [0.2, 0.25) is 0 Å². The largest absolute Gasteiger partial charge is 0.417 e. The smallest absolute Gasteiger partial charge is 0.384 e. The Kier molecular flexibility index (Phi) is 2.00. The highest BCUT2D eigenvalue weighted by molar-refractivity contribution is 6.35. The standard InChI is InChI=1S/C6H4BF3N2/c7-4-1-3(6(8,9)10)2-12-5(4)11/h1-2H,(H2,11,12). The molecule has 0 amide bonds. The lowest BCUT2D eigenvalue weighted by Gasteiger charge is -2.07. The van der Waals surface area contributed by atoms with Crippen molar-refractivity contribution in [3.05, 3.63) is 17.8 Å². The number of pyridine rings is 1. The fraction of sp³-hybridized carbons (Fsp3) is 0.167. The number of nitrogen functional groups attached to an aromatic ring is 1. The molecule has 1 heterocycles. The number of alkyl halides is 3. The molecule has 2 nitrogen and oxygen atoms in total. The maximum absolute atomic E-state index is 12.0. The lowest BCUT2D eigenvalue weighted by molar-refractivity contribution is -0.137. The van der Waals surface area contributed by atoms with Gasteiger partial charge in [0.05, 0.1) is 5.56 Å². The first-order valence-electron chi connectivity index (χ1n) is 2.99. The highest BCUT2D eigenvalue weighted by Gasteiger charge is 2.30. The molecule has 0 spiro atoms. The van der Waals surface area contributed by atoms with E-state index in [1.165, 1.54) is 0 Å². The topological polar surface area (TPSA) is 38.9 Å². The molecular formula is C6H4BF3N2. The van der Waals surface area contributed by atoms with Crippen LogP contribution in [0.4, 0.5) is 19.0 Å². The van der Waals surface area contributed by atoms with Crippen molar-refractivity contribution >= 4 is 19.1 Å². The molecule has 1 rings (SSSR count). The number of nitrogens with zero attached hydrogens (tertiary/aromatic N) is 1. The van der Waals surface area contributed by atoms with Gasteiger partial charge in [-0.2, -0.15) is 13.2 Å². The Bertz CT molecular complexity index is 297. The van der Waals surface area contributed by atoms with Crippen molar-refractivity contribution in [1.29, 1.82) is 0 Å². The Balaban J connectivity index is 3.14. The third kappa shape index (κ3) is 1.69. The Morgan fingerprint density at radius 3 is 2.42 bits per heavy atom. The second-order valence-electron chi connectivity index (χ2n) is 2.20. The Morgan fingerprint density at radius 1 is 1.42 bits per heavy atom. The molecule has 0 aliphatic carbocycles. The van der Waals surface area contributed by atoms with Gasteiger partial charge in [-0.25, -0.2) is 4.98 Å². The maximum Gasteiger partial charge on any atom is 0.417 e. The van der Waals surface area contributed by atoms with E-state index in [9.17, 15) is 13.2 Å². The third-order valence-corrected chi connectivity index (χ3v) is 1.28. The molecule has 0 aromatic carbocycles. The van der Waals surface area contributed by atoms with Crippen LogP contribution in [-0.4, -0.2) is 12.8 Å². The normalized spacial score (nSPS) is 11.6. The number of aromatic nitrogens is 1. The summed E-state index contributed by atoms with van der Waals surface area (Å²) in [5.74, 6) is -0.0944. The van der Waals surface area contributed by atoms with Crippen LogP contribution >= 0.6 is 0 Å². The van der Waals surface area contributed by atoms with Crippen molar-refractivity contribution in [2.75, 3.05) is 5.73 Å². The summed E-state index contributed by atoms with van der Waals surface area (Å²) < 4.78 is 35.9. The molecule has 0 unspecified atom stereocenters. The fourth-order valence-corrected chi connectivity index (χ4v) is 0.647. The molecule has 62 valence electrons. The van der Waals surface area contributed by atoms with E-state index >= 15 is 0 Å². The molecule has 0 aliphatic heterocycles. The van der Waals surface area contributed by atoms with Crippen LogP contribution in [0.1, 0.15) is 5.56 Å². The maximum atomic E-state index is 12.0. The quantitative estimate of drug-likeness (QED) is 0.577. The van der Waals surface area contributed by atoms with Crippen LogP contribution in [0.3, 0.4) is 0 Å². The number of hydrogen-bond acceptors (Lipinski definition) is 2. The molecule has 6 heteroatoms. The van der Waals surface area contributed by atoms with Gasteiger partial charge in [0, 0.05) is 6.20 Å². The van der Waals surface area contributed by atoms with E-state index in [-0.39, 0.29) is 11.3 Å². The highest BCUT2D eigenvalue weighted by Crippen LogP contribution is 2.27. The van der Waals surface area contributed by atoms with Crippen molar-refractivity contribution in [3.8, 4) is 0 Å². The zero-order chi connectivity index (χ0) is 9.35. The molecule has 0 bridgehead atoms. The summed E-state index contributed by atoms with van der Waals surface area (Å²) in [5, 5.41) is 0. The number of halogens is 3. The van der Waals surface area contributed by atoms with E-state index in [1.54, 1.807) is 0 Å². The summed E-state index contributed by atoms with van der Waals surface area (Å²) in [6.07, 6.45) is -3.78. The molecule has 2 radical (unpaired) electrons. The van der Waals surface area contributed by atoms with Crippen LogP contribution in [0.5, 0.6) is 0 Å².